The zero-order chi connectivity index (χ0) is 21.8. The molecule has 1 aromatic rings. The molecule has 1 aromatic carbocycles. The van der Waals surface area contributed by atoms with Crippen LogP contribution in [0.1, 0.15) is 115 Å². The first kappa shape index (κ1) is 25.0. The molecule has 1 fully saturated rings. The molecule has 0 heterocycles. The first-order valence-corrected chi connectivity index (χ1v) is 13.0. The largest absolute Gasteiger partial charge is 0.0995 e. The fourth-order valence-electron chi connectivity index (χ4n) is 5.70. The molecule has 30 heavy (non-hydrogen) atoms. The monoisotopic (exact) mass is 408 g/mol. The second-order valence-corrected chi connectivity index (χ2v) is 9.84. The molecule has 0 amide bonds. The minimum absolute atomic E-state index is 0.556. The van der Waals surface area contributed by atoms with Gasteiger partial charge in [0, 0.05) is 0 Å². The van der Waals surface area contributed by atoms with Crippen LogP contribution in [0.15, 0.2) is 43.0 Å². The quantitative estimate of drug-likeness (QED) is 0.212. The molecular formula is C30H48. The molecule has 168 valence electrons. The van der Waals surface area contributed by atoms with Crippen LogP contribution >= 0.6 is 0 Å². The average Bonchev–Trinajstić information content (AvgIpc) is 2.76. The summed E-state index contributed by atoms with van der Waals surface area (Å²) in [6.07, 6.45) is 18.8. The highest BCUT2D eigenvalue weighted by atomic mass is 14.4. The maximum Gasteiger partial charge on any atom is -0.00936 e. The van der Waals surface area contributed by atoms with Gasteiger partial charge in [0.25, 0.3) is 0 Å². The Morgan fingerprint density at radius 3 is 2.23 bits per heavy atom. The summed E-state index contributed by atoms with van der Waals surface area (Å²) in [6, 6.07) is 8.90. The molecule has 2 unspecified atom stereocenters. The van der Waals surface area contributed by atoms with E-state index >= 15 is 0 Å². The van der Waals surface area contributed by atoms with E-state index in [0.29, 0.717) is 11.8 Å². The van der Waals surface area contributed by atoms with E-state index in [0.717, 1.165) is 5.92 Å². The van der Waals surface area contributed by atoms with Crippen LogP contribution in [-0.2, 0) is 0 Å². The van der Waals surface area contributed by atoms with Crippen LogP contribution in [0.2, 0.25) is 0 Å². The number of hydrogen-bond donors (Lipinski definition) is 0. The first-order chi connectivity index (χ1) is 14.6. The Labute approximate surface area is 188 Å². The number of benzene rings is 1. The van der Waals surface area contributed by atoms with Crippen LogP contribution in [0.4, 0.5) is 0 Å². The zero-order valence-corrected chi connectivity index (χ0v) is 20.4. The van der Waals surface area contributed by atoms with Crippen molar-refractivity contribution in [3.8, 4) is 0 Å². The van der Waals surface area contributed by atoms with E-state index in [1.807, 2.05) is 0 Å². The standard InChI is InChI=1S/C30H48/c1-6-8-10-15-23-29(26(5)28-22-17-16-18-24(28)3)30(25(4)19-12-9-7-2)27-20-13-11-14-21-27/h16-18,22,27,29-30H,4-15,19-21,23H2,1-3H3. The van der Waals surface area contributed by atoms with Gasteiger partial charge in [-0.25, -0.2) is 0 Å². The van der Waals surface area contributed by atoms with E-state index in [-0.39, 0.29) is 0 Å². The van der Waals surface area contributed by atoms with Gasteiger partial charge in [0.05, 0.1) is 0 Å². The Balaban J connectivity index is 2.30. The molecule has 0 heteroatoms. The molecule has 0 spiro atoms. The van der Waals surface area contributed by atoms with E-state index in [9.17, 15) is 0 Å². The van der Waals surface area contributed by atoms with Gasteiger partial charge < -0.3 is 0 Å². The fraction of sp³-hybridized carbons (Fsp3) is 0.667. The lowest BCUT2D eigenvalue weighted by atomic mass is 9.66. The van der Waals surface area contributed by atoms with Gasteiger partial charge in [-0.3, -0.25) is 0 Å². The number of aryl methyl sites for hydroxylation is 1. The normalized spacial score (nSPS) is 16.9. The second-order valence-electron chi connectivity index (χ2n) is 9.84. The van der Waals surface area contributed by atoms with Crippen molar-refractivity contribution in [2.45, 2.75) is 111 Å². The number of allylic oxidation sites excluding steroid dienone is 2. The van der Waals surface area contributed by atoms with Gasteiger partial charge in [0.2, 0.25) is 0 Å². The van der Waals surface area contributed by atoms with E-state index in [1.165, 1.54) is 112 Å². The first-order valence-electron chi connectivity index (χ1n) is 13.0. The number of unbranched alkanes of at least 4 members (excludes halogenated alkanes) is 5. The summed E-state index contributed by atoms with van der Waals surface area (Å²) < 4.78 is 0. The lowest BCUT2D eigenvalue weighted by Crippen LogP contribution is -2.28. The lowest BCUT2D eigenvalue weighted by Gasteiger charge is -2.39. The molecule has 0 radical (unpaired) electrons. The highest BCUT2D eigenvalue weighted by Crippen LogP contribution is 2.46. The third-order valence-electron chi connectivity index (χ3n) is 7.47. The molecule has 0 bridgehead atoms. The Bertz CT molecular complexity index is 631. The molecule has 2 rings (SSSR count). The molecule has 0 aliphatic heterocycles. The Morgan fingerprint density at radius 1 is 0.900 bits per heavy atom. The van der Waals surface area contributed by atoms with Crippen LogP contribution in [0.3, 0.4) is 0 Å². The van der Waals surface area contributed by atoms with Gasteiger partial charge in [-0.2, -0.15) is 0 Å². The zero-order valence-electron chi connectivity index (χ0n) is 20.4. The predicted octanol–water partition coefficient (Wildman–Crippen LogP) is 9.93. The van der Waals surface area contributed by atoms with Gasteiger partial charge in [-0.15, -0.1) is 0 Å². The third-order valence-corrected chi connectivity index (χ3v) is 7.47. The summed E-state index contributed by atoms with van der Waals surface area (Å²) in [7, 11) is 0. The van der Waals surface area contributed by atoms with Crippen molar-refractivity contribution in [2.75, 3.05) is 0 Å². The fourth-order valence-corrected chi connectivity index (χ4v) is 5.70. The van der Waals surface area contributed by atoms with Gasteiger partial charge in [-0.1, -0.05) is 115 Å². The molecule has 0 N–H and O–H groups in total. The molecule has 1 saturated carbocycles. The van der Waals surface area contributed by atoms with Crippen LogP contribution in [0, 0.1) is 24.7 Å². The van der Waals surface area contributed by atoms with E-state index in [1.54, 1.807) is 0 Å². The van der Waals surface area contributed by atoms with E-state index in [4.69, 9.17) is 13.2 Å². The molecule has 1 aliphatic rings. The van der Waals surface area contributed by atoms with Crippen molar-refractivity contribution in [3.05, 3.63) is 54.1 Å². The highest BCUT2D eigenvalue weighted by molar-refractivity contribution is 5.68. The lowest BCUT2D eigenvalue weighted by molar-refractivity contribution is 0.224. The molecule has 0 saturated heterocycles. The second kappa shape index (κ2) is 13.9. The van der Waals surface area contributed by atoms with E-state index in [2.05, 4.69) is 45.0 Å². The minimum atomic E-state index is 0.556. The molecule has 0 nitrogen and oxygen atoms in total. The van der Waals surface area contributed by atoms with Crippen LogP contribution in [-0.4, -0.2) is 0 Å². The summed E-state index contributed by atoms with van der Waals surface area (Å²) in [6.45, 7) is 16.3. The summed E-state index contributed by atoms with van der Waals surface area (Å²) in [4.78, 5) is 0. The van der Waals surface area contributed by atoms with Gasteiger partial charge in [0.1, 0.15) is 0 Å². The van der Waals surface area contributed by atoms with Crippen molar-refractivity contribution in [1.29, 1.82) is 0 Å². The van der Waals surface area contributed by atoms with E-state index < -0.39 is 0 Å². The smallest absolute Gasteiger partial charge is 0.00936 e. The molecule has 0 aromatic heterocycles. The van der Waals surface area contributed by atoms with Crippen molar-refractivity contribution in [3.63, 3.8) is 0 Å². The number of hydrogen-bond acceptors (Lipinski definition) is 0. The SMILES string of the molecule is C=C(c1ccccc1C)C(CCCCCC)C(C(=C)CCCCC)C1CCCCC1. The topological polar surface area (TPSA) is 0 Å². The van der Waals surface area contributed by atoms with Gasteiger partial charge in [0.15, 0.2) is 0 Å². The average molecular weight is 409 g/mol. The van der Waals surface area contributed by atoms with Crippen LogP contribution in [0.25, 0.3) is 5.57 Å². The minimum Gasteiger partial charge on any atom is -0.0995 e. The molecular weight excluding hydrogens is 360 g/mol. The van der Waals surface area contributed by atoms with Crippen molar-refractivity contribution < 1.29 is 0 Å². The third kappa shape index (κ3) is 7.44. The predicted molar refractivity (Wildman–Crippen MR) is 136 cm³/mol. The Morgan fingerprint density at radius 2 is 1.57 bits per heavy atom. The van der Waals surface area contributed by atoms with Crippen LogP contribution < -0.4 is 0 Å². The summed E-state index contributed by atoms with van der Waals surface area (Å²) in [5, 5.41) is 0. The molecule has 1 aliphatic carbocycles. The summed E-state index contributed by atoms with van der Waals surface area (Å²) >= 11 is 0. The molecule has 2 atom stereocenters. The Hall–Kier alpha value is -1.30. The van der Waals surface area contributed by atoms with Crippen molar-refractivity contribution in [1.82, 2.24) is 0 Å². The number of rotatable bonds is 14. The Kier molecular flexibility index (Phi) is 11.6. The highest BCUT2D eigenvalue weighted by Gasteiger charge is 2.34. The summed E-state index contributed by atoms with van der Waals surface area (Å²) in [5.41, 5.74) is 5.68. The van der Waals surface area contributed by atoms with Crippen LogP contribution in [0.5, 0.6) is 0 Å². The van der Waals surface area contributed by atoms with Crippen molar-refractivity contribution >= 4 is 5.57 Å². The van der Waals surface area contributed by atoms with Gasteiger partial charge in [-0.05, 0) is 73.5 Å². The van der Waals surface area contributed by atoms with Gasteiger partial charge >= 0.3 is 0 Å². The maximum absolute atomic E-state index is 4.74. The summed E-state index contributed by atoms with van der Waals surface area (Å²) in [5.74, 6) is 1.99. The van der Waals surface area contributed by atoms with Crippen molar-refractivity contribution in [2.24, 2.45) is 17.8 Å². The maximum atomic E-state index is 4.74.